The summed E-state index contributed by atoms with van der Waals surface area (Å²) in [6.07, 6.45) is -4.49. The first kappa shape index (κ1) is 17.9. The summed E-state index contributed by atoms with van der Waals surface area (Å²) in [5.41, 5.74) is -0.798. The van der Waals surface area contributed by atoms with Crippen molar-refractivity contribution in [2.45, 2.75) is 37.9 Å². The van der Waals surface area contributed by atoms with Crippen LogP contribution in [0.1, 0.15) is 25.0 Å². The zero-order chi connectivity index (χ0) is 16.3. The first-order chi connectivity index (χ1) is 9.58. The molecular weight excluding hydrogens is 305 g/mol. The van der Waals surface area contributed by atoms with Gasteiger partial charge in [0.2, 0.25) is 10.0 Å². The molecule has 1 atom stereocenters. The highest BCUT2D eigenvalue weighted by Gasteiger charge is 2.31. The van der Waals surface area contributed by atoms with Crippen LogP contribution < -0.4 is 10.0 Å². The van der Waals surface area contributed by atoms with Gasteiger partial charge in [0.1, 0.15) is 0 Å². The lowest BCUT2D eigenvalue weighted by Gasteiger charge is -2.15. The molecule has 0 fully saturated rings. The monoisotopic (exact) mass is 324 g/mol. The summed E-state index contributed by atoms with van der Waals surface area (Å²) in [5, 5.41) is 3.04. The van der Waals surface area contributed by atoms with Crippen molar-refractivity contribution >= 4 is 10.0 Å². The molecular formula is C13H19F3N2O2S. The molecule has 0 unspecified atom stereocenters. The third kappa shape index (κ3) is 4.98. The first-order valence-electron chi connectivity index (χ1n) is 6.49. The quantitative estimate of drug-likeness (QED) is 0.844. The minimum Gasteiger partial charge on any atom is -0.313 e. The van der Waals surface area contributed by atoms with Gasteiger partial charge in [-0.25, -0.2) is 13.1 Å². The van der Waals surface area contributed by atoms with E-state index in [9.17, 15) is 21.6 Å². The third-order valence-electron chi connectivity index (χ3n) is 2.92. The van der Waals surface area contributed by atoms with Gasteiger partial charge in [-0.1, -0.05) is 6.92 Å². The highest BCUT2D eigenvalue weighted by Crippen LogP contribution is 2.31. The van der Waals surface area contributed by atoms with Crippen molar-refractivity contribution in [1.82, 2.24) is 10.0 Å². The maximum Gasteiger partial charge on any atom is 0.416 e. The lowest BCUT2D eigenvalue weighted by molar-refractivity contribution is -0.137. The van der Waals surface area contributed by atoms with Crippen molar-refractivity contribution < 1.29 is 21.6 Å². The van der Waals surface area contributed by atoms with E-state index in [1.54, 1.807) is 0 Å². The SMILES string of the molecule is CCN[C@H](C)CNS(=O)(=O)c1ccc(C(F)(F)F)cc1C. The number of alkyl halides is 3. The minimum atomic E-state index is -4.49. The van der Waals surface area contributed by atoms with Crippen LogP contribution in [-0.4, -0.2) is 27.5 Å². The number of halogens is 3. The Balaban J connectivity index is 2.94. The van der Waals surface area contributed by atoms with Gasteiger partial charge in [0, 0.05) is 12.6 Å². The molecule has 0 saturated heterocycles. The average Bonchev–Trinajstić information content (AvgIpc) is 2.35. The van der Waals surface area contributed by atoms with Gasteiger partial charge in [-0.05, 0) is 44.2 Å². The van der Waals surface area contributed by atoms with Gasteiger partial charge in [0.15, 0.2) is 0 Å². The van der Waals surface area contributed by atoms with E-state index in [1.165, 1.54) is 6.92 Å². The predicted octanol–water partition coefficient (Wildman–Crippen LogP) is 2.29. The smallest absolute Gasteiger partial charge is 0.313 e. The molecule has 1 aromatic carbocycles. The number of aryl methyl sites for hydroxylation is 1. The van der Waals surface area contributed by atoms with Crippen molar-refractivity contribution in [2.24, 2.45) is 0 Å². The summed E-state index contributed by atoms with van der Waals surface area (Å²) in [7, 11) is -3.82. The molecule has 0 aliphatic rings. The fourth-order valence-corrected chi connectivity index (χ4v) is 3.22. The van der Waals surface area contributed by atoms with E-state index >= 15 is 0 Å². The number of rotatable bonds is 6. The van der Waals surface area contributed by atoms with Crippen LogP contribution in [-0.2, 0) is 16.2 Å². The van der Waals surface area contributed by atoms with Crippen molar-refractivity contribution in [3.63, 3.8) is 0 Å². The number of nitrogens with one attached hydrogen (secondary N) is 2. The molecule has 0 saturated carbocycles. The molecule has 120 valence electrons. The van der Waals surface area contributed by atoms with Crippen molar-refractivity contribution in [2.75, 3.05) is 13.1 Å². The topological polar surface area (TPSA) is 58.2 Å². The molecule has 8 heteroatoms. The largest absolute Gasteiger partial charge is 0.416 e. The Morgan fingerprint density at radius 2 is 1.90 bits per heavy atom. The lowest BCUT2D eigenvalue weighted by Crippen LogP contribution is -2.38. The first-order valence-corrected chi connectivity index (χ1v) is 7.97. The van der Waals surface area contributed by atoms with E-state index in [0.717, 1.165) is 18.2 Å². The van der Waals surface area contributed by atoms with Crippen LogP contribution in [0.4, 0.5) is 13.2 Å². The highest BCUT2D eigenvalue weighted by atomic mass is 32.2. The minimum absolute atomic E-state index is 0.0634. The molecule has 1 aromatic rings. The van der Waals surface area contributed by atoms with Gasteiger partial charge < -0.3 is 5.32 Å². The maximum atomic E-state index is 12.6. The molecule has 0 spiro atoms. The third-order valence-corrected chi connectivity index (χ3v) is 4.51. The Hall–Kier alpha value is -1.12. The van der Waals surface area contributed by atoms with E-state index in [2.05, 4.69) is 10.0 Å². The molecule has 0 aliphatic carbocycles. The van der Waals surface area contributed by atoms with Crippen LogP contribution in [0, 0.1) is 6.92 Å². The van der Waals surface area contributed by atoms with Gasteiger partial charge in [-0.3, -0.25) is 0 Å². The Labute approximate surface area is 122 Å². The highest BCUT2D eigenvalue weighted by molar-refractivity contribution is 7.89. The Bertz CT molecular complexity index is 586. The second-order valence-electron chi connectivity index (χ2n) is 4.79. The van der Waals surface area contributed by atoms with Gasteiger partial charge in [0.05, 0.1) is 10.5 Å². The normalized spacial score (nSPS) is 14.2. The van der Waals surface area contributed by atoms with E-state index in [1.807, 2.05) is 13.8 Å². The van der Waals surface area contributed by atoms with Crippen LogP contribution in [0.15, 0.2) is 23.1 Å². The molecule has 1 rings (SSSR count). The van der Waals surface area contributed by atoms with E-state index in [0.29, 0.717) is 6.54 Å². The summed E-state index contributed by atoms with van der Waals surface area (Å²) < 4.78 is 64.3. The fraction of sp³-hybridized carbons (Fsp3) is 0.538. The molecule has 0 heterocycles. The van der Waals surface area contributed by atoms with Gasteiger partial charge in [-0.2, -0.15) is 13.2 Å². The standard InChI is InChI=1S/C13H19F3N2O2S/c1-4-17-10(3)8-18-21(19,20)12-6-5-11(7-9(12)2)13(14,15)16/h5-7,10,17-18H,4,8H2,1-3H3/t10-/m1/s1. The van der Waals surface area contributed by atoms with E-state index < -0.39 is 21.8 Å². The number of sulfonamides is 1. The summed E-state index contributed by atoms with van der Waals surface area (Å²) >= 11 is 0. The molecule has 4 nitrogen and oxygen atoms in total. The Morgan fingerprint density at radius 3 is 2.38 bits per heavy atom. The Kier molecular flexibility index (Phi) is 5.77. The van der Waals surface area contributed by atoms with Crippen molar-refractivity contribution in [1.29, 1.82) is 0 Å². The lowest BCUT2D eigenvalue weighted by atomic mass is 10.1. The Morgan fingerprint density at radius 1 is 1.29 bits per heavy atom. The number of benzene rings is 1. The van der Waals surface area contributed by atoms with Crippen LogP contribution in [0.2, 0.25) is 0 Å². The van der Waals surface area contributed by atoms with E-state index in [4.69, 9.17) is 0 Å². The molecule has 0 radical (unpaired) electrons. The summed E-state index contributed by atoms with van der Waals surface area (Å²) in [6.45, 7) is 5.91. The number of likely N-dealkylation sites (N-methyl/N-ethyl adjacent to an activating group) is 1. The fourth-order valence-electron chi connectivity index (χ4n) is 1.86. The van der Waals surface area contributed by atoms with E-state index in [-0.39, 0.29) is 23.0 Å². The predicted molar refractivity (Wildman–Crippen MR) is 74.5 cm³/mol. The molecule has 0 amide bonds. The maximum absolute atomic E-state index is 12.6. The molecule has 0 bridgehead atoms. The summed E-state index contributed by atoms with van der Waals surface area (Å²) in [6, 6.07) is 2.52. The van der Waals surface area contributed by atoms with Gasteiger partial charge >= 0.3 is 6.18 Å². The van der Waals surface area contributed by atoms with Crippen molar-refractivity contribution in [3.05, 3.63) is 29.3 Å². The van der Waals surface area contributed by atoms with Gasteiger partial charge in [-0.15, -0.1) is 0 Å². The van der Waals surface area contributed by atoms with Crippen LogP contribution >= 0.6 is 0 Å². The molecule has 0 aromatic heterocycles. The van der Waals surface area contributed by atoms with Crippen LogP contribution in [0.25, 0.3) is 0 Å². The number of hydrogen-bond acceptors (Lipinski definition) is 3. The number of hydrogen-bond donors (Lipinski definition) is 2. The second-order valence-corrected chi connectivity index (χ2v) is 6.52. The zero-order valence-electron chi connectivity index (χ0n) is 12.1. The molecule has 2 N–H and O–H groups in total. The summed E-state index contributed by atoms with van der Waals surface area (Å²) in [5.74, 6) is 0. The molecule has 0 aliphatic heterocycles. The second kappa shape index (κ2) is 6.76. The average molecular weight is 324 g/mol. The van der Waals surface area contributed by atoms with Crippen molar-refractivity contribution in [3.8, 4) is 0 Å². The zero-order valence-corrected chi connectivity index (χ0v) is 12.9. The van der Waals surface area contributed by atoms with Crippen LogP contribution in [0.3, 0.4) is 0 Å². The molecule has 21 heavy (non-hydrogen) atoms. The van der Waals surface area contributed by atoms with Gasteiger partial charge in [0.25, 0.3) is 0 Å². The summed E-state index contributed by atoms with van der Waals surface area (Å²) in [4.78, 5) is -0.140. The van der Waals surface area contributed by atoms with Crippen LogP contribution in [0.5, 0.6) is 0 Å².